The first-order valence-electron chi connectivity index (χ1n) is 3.70. The molecule has 0 amide bonds. The normalized spacial score (nSPS) is 15.9. The van der Waals surface area contributed by atoms with Crippen molar-refractivity contribution in [3.8, 4) is 0 Å². The summed E-state index contributed by atoms with van der Waals surface area (Å²) in [6.07, 6.45) is 2.57. The Bertz CT molecular complexity index is 127. The first-order chi connectivity index (χ1) is 4.57. The van der Waals surface area contributed by atoms with Gasteiger partial charge >= 0.3 is 0 Å². The zero-order chi connectivity index (χ0) is 8.15. The van der Waals surface area contributed by atoms with Crippen LogP contribution in [-0.4, -0.2) is 5.78 Å². The Hall–Kier alpha value is -0.590. The molecule has 10 heavy (non-hydrogen) atoms. The second-order valence-electron chi connectivity index (χ2n) is 2.98. The minimum atomic E-state index is 0.265. The van der Waals surface area contributed by atoms with Crippen LogP contribution < -0.4 is 0 Å². The molecule has 2 atom stereocenters. The van der Waals surface area contributed by atoms with Gasteiger partial charge in [-0.15, -0.1) is 6.58 Å². The Morgan fingerprint density at radius 2 is 2.10 bits per heavy atom. The molecule has 0 bridgehead atoms. The molecule has 1 nitrogen and oxygen atoms in total. The first-order valence-corrected chi connectivity index (χ1v) is 3.70. The molecular formula is C9H16O. The van der Waals surface area contributed by atoms with Gasteiger partial charge in [0.2, 0.25) is 0 Å². The van der Waals surface area contributed by atoms with E-state index in [4.69, 9.17) is 0 Å². The third-order valence-corrected chi connectivity index (χ3v) is 1.88. The fraction of sp³-hybridized carbons (Fsp3) is 0.667. The highest BCUT2D eigenvalue weighted by Gasteiger charge is 2.09. The fourth-order valence-corrected chi connectivity index (χ4v) is 0.872. The average Bonchev–Trinajstić information content (AvgIpc) is 1.85. The van der Waals surface area contributed by atoms with E-state index in [0.29, 0.717) is 18.3 Å². The van der Waals surface area contributed by atoms with Crippen LogP contribution in [0, 0.1) is 11.8 Å². The molecule has 0 unspecified atom stereocenters. The topological polar surface area (TPSA) is 17.1 Å². The highest BCUT2D eigenvalue weighted by Crippen LogP contribution is 2.15. The van der Waals surface area contributed by atoms with Gasteiger partial charge in [0, 0.05) is 6.42 Å². The maximum Gasteiger partial charge on any atom is 0.130 e. The molecule has 1 heteroatoms. The summed E-state index contributed by atoms with van der Waals surface area (Å²) in [4.78, 5) is 10.6. The van der Waals surface area contributed by atoms with Crippen LogP contribution in [0.4, 0.5) is 0 Å². The number of hydrogen-bond donors (Lipinski definition) is 0. The Kier molecular flexibility index (Phi) is 4.01. The van der Waals surface area contributed by atoms with Crippen molar-refractivity contribution in [3.05, 3.63) is 12.7 Å². The number of Topliss-reactive ketones (excluding diaryl/α,β-unsaturated/α-hetero) is 1. The van der Waals surface area contributed by atoms with Crippen LogP contribution in [0.5, 0.6) is 0 Å². The van der Waals surface area contributed by atoms with Gasteiger partial charge < -0.3 is 4.79 Å². The molecule has 0 aromatic rings. The molecule has 0 aliphatic rings. The largest absolute Gasteiger partial charge is 0.300 e. The Morgan fingerprint density at radius 1 is 1.60 bits per heavy atom. The van der Waals surface area contributed by atoms with Gasteiger partial charge in [-0.2, -0.15) is 0 Å². The van der Waals surface area contributed by atoms with Crippen LogP contribution in [-0.2, 0) is 4.79 Å². The summed E-state index contributed by atoms with van der Waals surface area (Å²) in [5.41, 5.74) is 0. The van der Waals surface area contributed by atoms with E-state index in [1.807, 2.05) is 6.08 Å². The SMILES string of the molecule is C=C[C@@H](C)[C@@H](C)CC(C)=O. The van der Waals surface area contributed by atoms with Crippen LogP contribution in [0.25, 0.3) is 0 Å². The van der Waals surface area contributed by atoms with E-state index in [2.05, 4.69) is 20.4 Å². The summed E-state index contributed by atoms with van der Waals surface area (Å²) < 4.78 is 0. The summed E-state index contributed by atoms with van der Waals surface area (Å²) in [5, 5.41) is 0. The van der Waals surface area contributed by atoms with Crippen molar-refractivity contribution >= 4 is 5.78 Å². The Labute approximate surface area is 63.1 Å². The maximum atomic E-state index is 10.6. The Balaban J connectivity index is 3.71. The zero-order valence-corrected chi connectivity index (χ0v) is 7.05. The smallest absolute Gasteiger partial charge is 0.130 e. The minimum absolute atomic E-state index is 0.265. The van der Waals surface area contributed by atoms with Gasteiger partial charge in [-0.05, 0) is 18.8 Å². The summed E-state index contributed by atoms with van der Waals surface area (Å²) >= 11 is 0. The number of carbonyl (C=O) groups is 1. The second-order valence-corrected chi connectivity index (χ2v) is 2.98. The van der Waals surface area contributed by atoms with Gasteiger partial charge in [0.1, 0.15) is 5.78 Å². The molecule has 58 valence electrons. The van der Waals surface area contributed by atoms with E-state index in [-0.39, 0.29) is 5.78 Å². The van der Waals surface area contributed by atoms with Crippen molar-refractivity contribution in [2.24, 2.45) is 11.8 Å². The third kappa shape index (κ3) is 3.44. The third-order valence-electron chi connectivity index (χ3n) is 1.88. The lowest BCUT2D eigenvalue weighted by atomic mass is 9.92. The fourth-order valence-electron chi connectivity index (χ4n) is 0.872. The summed E-state index contributed by atoms with van der Waals surface area (Å²) in [6.45, 7) is 9.47. The van der Waals surface area contributed by atoms with Gasteiger partial charge in [0.25, 0.3) is 0 Å². The van der Waals surface area contributed by atoms with E-state index in [1.54, 1.807) is 6.92 Å². The molecule has 0 saturated heterocycles. The number of ketones is 1. The molecule has 0 fully saturated rings. The highest BCUT2D eigenvalue weighted by molar-refractivity contribution is 5.75. The van der Waals surface area contributed by atoms with Gasteiger partial charge in [-0.1, -0.05) is 19.9 Å². The van der Waals surface area contributed by atoms with Gasteiger partial charge in [0.05, 0.1) is 0 Å². The molecule has 0 aliphatic carbocycles. The predicted octanol–water partition coefficient (Wildman–Crippen LogP) is 2.42. The predicted molar refractivity (Wildman–Crippen MR) is 43.8 cm³/mol. The van der Waals surface area contributed by atoms with Crippen molar-refractivity contribution in [3.63, 3.8) is 0 Å². The quantitative estimate of drug-likeness (QED) is 0.548. The standard InChI is InChI=1S/C9H16O/c1-5-7(2)8(3)6-9(4)10/h5,7-8H,1,6H2,2-4H3/t7-,8+/m1/s1. The molecule has 0 N–H and O–H groups in total. The molecule has 0 rings (SSSR count). The average molecular weight is 140 g/mol. The van der Waals surface area contributed by atoms with E-state index in [0.717, 1.165) is 0 Å². The summed E-state index contributed by atoms with van der Waals surface area (Å²) in [7, 11) is 0. The first kappa shape index (κ1) is 9.41. The van der Waals surface area contributed by atoms with E-state index >= 15 is 0 Å². The molecule has 0 aromatic heterocycles. The number of hydrogen-bond acceptors (Lipinski definition) is 1. The van der Waals surface area contributed by atoms with Crippen LogP contribution >= 0.6 is 0 Å². The molecule has 0 radical (unpaired) electrons. The summed E-state index contributed by atoms with van der Waals surface area (Å²) in [6, 6.07) is 0. The molecular weight excluding hydrogens is 124 g/mol. The van der Waals surface area contributed by atoms with Crippen molar-refractivity contribution in [1.82, 2.24) is 0 Å². The van der Waals surface area contributed by atoms with Crippen LogP contribution in [0.1, 0.15) is 27.2 Å². The highest BCUT2D eigenvalue weighted by atomic mass is 16.1. The lowest BCUT2D eigenvalue weighted by Crippen LogP contribution is -2.08. The van der Waals surface area contributed by atoms with Crippen molar-refractivity contribution in [2.75, 3.05) is 0 Å². The number of rotatable bonds is 4. The van der Waals surface area contributed by atoms with Crippen molar-refractivity contribution in [2.45, 2.75) is 27.2 Å². The lowest BCUT2D eigenvalue weighted by molar-refractivity contribution is -0.118. The second kappa shape index (κ2) is 4.26. The molecule has 0 aromatic carbocycles. The van der Waals surface area contributed by atoms with E-state index in [9.17, 15) is 4.79 Å². The van der Waals surface area contributed by atoms with Gasteiger partial charge in [0.15, 0.2) is 0 Å². The maximum absolute atomic E-state index is 10.6. The van der Waals surface area contributed by atoms with Crippen molar-refractivity contribution < 1.29 is 4.79 Å². The van der Waals surface area contributed by atoms with E-state index < -0.39 is 0 Å². The van der Waals surface area contributed by atoms with E-state index in [1.165, 1.54) is 0 Å². The zero-order valence-electron chi connectivity index (χ0n) is 7.05. The Morgan fingerprint density at radius 3 is 2.40 bits per heavy atom. The van der Waals surface area contributed by atoms with Crippen LogP contribution in [0.2, 0.25) is 0 Å². The monoisotopic (exact) mass is 140 g/mol. The molecule has 0 saturated carbocycles. The van der Waals surface area contributed by atoms with Crippen molar-refractivity contribution in [1.29, 1.82) is 0 Å². The minimum Gasteiger partial charge on any atom is -0.300 e. The summed E-state index contributed by atoms with van der Waals surface area (Å²) in [5.74, 6) is 1.15. The lowest BCUT2D eigenvalue weighted by Gasteiger charge is -2.13. The van der Waals surface area contributed by atoms with Crippen LogP contribution in [0.3, 0.4) is 0 Å². The van der Waals surface area contributed by atoms with Gasteiger partial charge in [-0.3, -0.25) is 0 Å². The number of carbonyl (C=O) groups excluding carboxylic acids is 1. The number of allylic oxidation sites excluding steroid dienone is 1. The molecule has 0 spiro atoms. The van der Waals surface area contributed by atoms with Gasteiger partial charge in [-0.25, -0.2) is 0 Å². The van der Waals surface area contributed by atoms with Crippen LogP contribution in [0.15, 0.2) is 12.7 Å². The molecule has 0 aliphatic heterocycles. The molecule has 0 heterocycles.